The number of hydrogen-bond donors (Lipinski definition) is 3. The summed E-state index contributed by atoms with van der Waals surface area (Å²) in [6.07, 6.45) is 1.68. The van der Waals surface area contributed by atoms with E-state index in [2.05, 4.69) is 5.32 Å². The Labute approximate surface area is 119 Å². The van der Waals surface area contributed by atoms with Crippen LogP contribution in [0.15, 0.2) is 23.1 Å². The zero-order valence-corrected chi connectivity index (χ0v) is 12.5. The fraction of sp³-hybridized carbons (Fsp3) is 0.538. The van der Waals surface area contributed by atoms with Crippen LogP contribution in [0.2, 0.25) is 0 Å². The van der Waals surface area contributed by atoms with E-state index in [9.17, 15) is 13.5 Å². The molecule has 1 aromatic rings. The molecule has 1 saturated carbocycles. The number of nitrogen functional groups attached to an aromatic ring is 1. The van der Waals surface area contributed by atoms with Crippen molar-refractivity contribution < 1.29 is 13.5 Å². The van der Waals surface area contributed by atoms with Crippen molar-refractivity contribution in [2.75, 3.05) is 31.7 Å². The molecule has 1 unspecified atom stereocenters. The first-order valence-electron chi connectivity index (χ1n) is 6.57. The average Bonchev–Trinajstić information content (AvgIpc) is 3.21. The number of benzene rings is 1. The summed E-state index contributed by atoms with van der Waals surface area (Å²) in [6, 6.07) is 4.83. The number of aliphatic hydroxyl groups is 1. The summed E-state index contributed by atoms with van der Waals surface area (Å²) in [7, 11) is -0.639. The van der Waals surface area contributed by atoms with Crippen LogP contribution in [0.5, 0.6) is 0 Å². The third-order valence-electron chi connectivity index (χ3n) is 3.49. The summed E-state index contributed by atoms with van der Waals surface area (Å²) in [5, 5.41) is 12.9. The Balaban J connectivity index is 2.18. The standard InChI is InChI=1S/C13H21N3O3S/c1-16(2)20(18,19)12-5-3-4-10(13(12)14)15-8-11(17)9-6-7-9/h3-5,9,11,15,17H,6-8,14H2,1-2H3. The van der Waals surface area contributed by atoms with Crippen LogP contribution in [0.4, 0.5) is 11.4 Å². The van der Waals surface area contributed by atoms with E-state index in [1.165, 1.54) is 20.2 Å². The highest BCUT2D eigenvalue weighted by Gasteiger charge is 2.29. The quantitative estimate of drug-likeness (QED) is 0.672. The molecule has 112 valence electrons. The van der Waals surface area contributed by atoms with Crippen LogP contribution >= 0.6 is 0 Å². The highest BCUT2D eigenvalue weighted by Crippen LogP contribution is 2.33. The van der Waals surface area contributed by atoms with Crippen LogP contribution in [0.1, 0.15) is 12.8 Å². The summed E-state index contributed by atoms with van der Waals surface area (Å²) in [5.74, 6) is 0.359. The zero-order chi connectivity index (χ0) is 14.9. The first-order valence-corrected chi connectivity index (χ1v) is 8.01. The molecule has 1 aliphatic carbocycles. The number of anilines is 2. The monoisotopic (exact) mass is 299 g/mol. The second-order valence-electron chi connectivity index (χ2n) is 5.29. The maximum atomic E-state index is 12.1. The van der Waals surface area contributed by atoms with Crippen molar-refractivity contribution in [2.24, 2.45) is 5.92 Å². The Kier molecular flexibility index (Phi) is 4.22. The maximum Gasteiger partial charge on any atom is 0.244 e. The number of nitrogens with zero attached hydrogens (tertiary/aromatic N) is 1. The lowest BCUT2D eigenvalue weighted by molar-refractivity contribution is 0.164. The van der Waals surface area contributed by atoms with E-state index < -0.39 is 16.1 Å². The molecule has 0 saturated heterocycles. The molecule has 0 spiro atoms. The number of hydrogen-bond acceptors (Lipinski definition) is 5. The van der Waals surface area contributed by atoms with E-state index in [1.54, 1.807) is 12.1 Å². The summed E-state index contributed by atoms with van der Waals surface area (Å²) in [6.45, 7) is 0.375. The normalized spacial score (nSPS) is 17.2. The van der Waals surface area contributed by atoms with Gasteiger partial charge in [0.05, 0.1) is 17.5 Å². The molecule has 1 fully saturated rings. The minimum Gasteiger partial charge on any atom is -0.396 e. The predicted molar refractivity (Wildman–Crippen MR) is 78.9 cm³/mol. The molecule has 0 aliphatic heterocycles. The average molecular weight is 299 g/mol. The lowest BCUT2D eigenvalue weighted by atomic mass is 10.2. The lowest BCUT2D eigenvalue weighted by Gasteiger charge is -2.17. The number of nitrogens with two attached hydrogens (primary N) is 1. The van der Waals surface area contributed by atoms with Crippen LogP contribution in [0, 0.1) is 5.92 Å². The van der Waals surface area contributed by atoms with Crippen molar-refractivity contribution in [1.29, 1.82) is 0 Å². The van der Waals surface area contributed by atoms with Crippen molar-refractivity contribution in [3.05, 3.63) is 18.2 Å². The van der Waals surface area contributed by atoms with Crippen molar-refractivity contribution in [1.82, 2.24) is 4.31 Å². The summed E-state index contributed by atoms with van der Waals surface area (Å²) < 4.78 is 25.4. The Hall–Kier alpha value is -1.31. The van der Waals surface area contributed by atoms with Gasteiger partial charge < -0.3 is 16.2 Å². The predicted octanol–water partition coefficient (Wildman–Crippen LogP) is 0.702. The Morgan fingerprint density at radius 1 is 1.45 bits per heavy atom. The van der Waals surface area contributed by atoms with E-state index in [1.807, 2.05) is 0 Å². The van der Waals surface area contributed by atoms with Crippen molar-refractivity contribution in [3.63, 3.8) is 0 Å². The van der Waals surface area contributed by atoms with Crippen molar-refractivity contribution >= 4 is 21.4 Å². The molecule has 7 heteroatoms. The second kappa shape index (κ2) is 5.59. The van der Waals surface area contributed by atoms with Crippen LogP contribution in [-0.2, 0) is 10.0 Å². The minimum atomic E-state index is -3.57. The van der Waals surface area contributed by atoms with Crippen LogP contribution in [-0.4, -0.2) is 44.6 Å². The number of rotatable bonds is 6. The van der Waals surface area contributed by atoms with E-state index in [-0.39, 0.29) is 10.6 Å². The van der Waals surface area contributed by atoms with E-state index in [0.29, 0.717) is 18.2 Å². The summed E-state index contributed by atoms with van der Waals surface area (Å²) in [5.41, 5.74) is 6.65. The number of aliphatic hydroxyl groups excluding tert-OH is 1. The van der Waals surface area contributed by atoms with Crippen LogP contribution in [0.25, 0.3) is 0 Å². The van der Waals surface area contributed by atoms with Gasteiger partial charge in [-0.3, -0.25) is 0 Å². The van der Waals surface area contributed by atoms with Gasteiger partial charge in [0.2, 0.25) is 10.0 Å². The third kappa shape index (κ3) is 3.05. The maximum absolute atomic E-state index is 12.1. The molecular weight excluding hydrogens is 278 g/mol. The topological polar surface area (TPSA) is 95.7 Å². The molecule has 2 rings (SSSR count). The first-order chi connectivity index (χ1) is 9.34. The van der Waals surface area contributed by atoms with Gasteiger partial charge in [-0.2, -0.15) is 0 Å². The SMILES string of the molecule is CN(C)S(=O)(=O)c1cccc(NCC(O)C2CC2)c1N. The molecule has 1 atom stereocenters. The Bertz CT molecular complexity index is 583. The van der Waals surface area contributed by atoms with Gasteiger partial charge in [-0.15, -0.1) is 0 Å². The third-order valence-corrected chi connectivity index (χ3v) is 5.37. The van der Waals surface area contributed by atoms with Gasteiger partial charge in [0.25, 0.3) is 0 Å². The molecule has 0 aromatic heterocycles. The molecule has 20 heavy (non-hydrogen) atoms. The number of para-hydroxylation sites is 1. The minimum absolute atomic E-state index is 0.0772. The second-order valence-corrected chi connectivity index (χ2v) is 7.41. The number of nitrogens with one attached hydrogen (secondary N) is 1. The molecule has 0 bridgehead atoms. The fourth-order valence-corrected chi connectivity index (χ4v) is 3.01. The van der Waals surface area contributed by atoms with Gasteiger partial charge in [0.1, 0.15) is 4.90 Å². The highest BCUT2D eigenvalue weighted by molar-refractivity contribution is 7.89. The highest BCUT2D eigenvalue weighted by atomic mass is 32.2. The molecule has 0 amide bonds. The van der Waals surface area contributed by atoms with Crippen LogP contribution in [0.3, 0.4) is 0 Å². The Morgan fingerprint density at radius 3 is 2.65 bits per heavy atom. The van der Waals surface area contributed by atoms with Gasteiger partial charge in [0.15, 0.2) is 0 Å². The van der Waals surface area contributed by atoms with Gasteiger partial charge in [-0.25, -0.2) is 12.7 Å². The molecular formula is C13H21N3O3S. The first kappa shape index (κ1) is 15.1. The van der Waals surface area contributed by atoms with Crippen LogP contribution < -0.4 is 11.1 Å². The summed E-state index contributed by atoms with van der Waals surface area (Å²) >= 11 is 0. The van der Waals surface area contributed by atoms with Crippen molar-refractivity contribution in [2.45, 2.75) is 23.8 Å². The fourth-order valence-electron chi connectivity index (χ4n) is 1.98. The Morgan fingerprint density at radius 2 is 2.10 bits per heavy atom. The van der Waals surface area contributed by atoms with E-state index in [4.69, 9.17) is 5.73 Å². The van der Waals surface area contributed by atoms with Gasteiger partial charge in [-0.1, -0.05) is 6.07 Å². The molecule has 0 radical (unpaired) electrons. The lowest BCUT2D eigenvalue weighted by Crippen LogP contribution is -2.25. The molecule has 1 aliphatic rings. The molecule has 4 N–H and O–H groups in total. The number of sulfonamides is 1. The van der Waals surface area contributed by atoms with Gasteiger partial charge in [-0.05, 0) is 30.9 Å². The zero-order valence-electron chi connectivity index (χ0n) is 11.7. The smallest absolute Gasteiger partial charge is 0.244 e. The van der Waals surface area contributed by atoms with Gasteiger partial charge >= 0.3 is 0 Å². The largest absolute Gasteiger partial charge is 0.396 e. The van der Waals surface area contributed by atoms with Gasteiger partial charge in [0, 0.05) is 20.6 Å². The van der Waals surface area contributed by atoms with E-state index in [0.717, 1.165) is 17.1 Å². The summed E-state index contributed by atoms with van der Waals surface area (Å²) in [4.78, 5) is 0.0772. The van der Waals surface area contributed by atoms with Crippen molar-refractivity contribution in [3.8, 4) is 0 Å². The molecule has 0 heterocycles. The molecule has 6 nitrogen and oxygen atoms in total. The molecule has 1 aromatic carbocycles. The van der Waals surface area contributed by atoms with E-state index >= 15 is 0 Å².